The second kappa shape index (κ2) is 15.4. The second-order valence-corrected chi connectivity index (χ2v) is 17.6. The molecule has 2 aliphatic carbocycles. The molecule has 0 radical (unpaired) electrons. The van der Waals surface area contributed by atoms with E-state index in [2.05, 4.69) is 187 Å². The van der Waals surface area contributed by atoms with Gasteiger partial charge < -0.3 is 4.57 Å². The van der Waals surface area contributed by atoms with Gasteiger partial charge in [-0.1, -0.05) is 183 Å². The number of hydrogen-bond acceptors (Lipinski definition) is 3. The normalized spacial score (nSPS) is 13.5. The van der Waals surface area contributed by atoms with Crippen LogP contribution in [0.2, 0.25) is 0 Å². The van der Waals surface area contributed by atoms with Crippen molar-refractivity contribution in [3.63, 3.8) is 0 Å². The molecule has 1 unspecified atom stereocenters. The third-order valence-corrected chi connectivity index (χ3v) is 13.8. The predicted molar refractivity (Wildman–Crippen MR) is 272 cm³/mol. The maximum Gasteiger partial charge on any atom is 0.164 e. The molecule has 0 fully saturated rings. The van der Waals surface area contributed by atoms with Crippen molar-refractivity contribution in [2.45, 2.75) is 18.8 Å². The molecule has 4 heteroatoms. The molecule has 0 N–H and O–H groups in total. The lowest BCUT2D eigenvalue weighted by molar-refractivity contribution is 0.730. The summed E-state index contributed by atoms with van der Waals surface area (Å²) in [5.74, 6) is 2.22. The van der Waals surface area contributed by atoms with Crippen LogP contribution in [0.25, 0.3) is 101 Å². The fourth-order valence-electron chi connectivity index (χ4n) is 10.6. The first-order chi connectivity index (χ1) is 32.6. The number of benzene rings is 9. The van der Waals surface area contributed by atoms with Crippen LogP contribution in [-0.4, -0.2) is 19.5 Å². The Hall–Kier alpha value is -8.47. The lowest BCUT2D eigenvalue weighted by Gasteiger charge is -2.15. The number of aryl methyl sites for hydroxylation is 1. The topological polar surface area (TPSA) is 43.6 Å². The SMILES string of the molecule is C=C1c2ccccc2-c2cc3c(cc21)c1ccc(CCC2c4ccccc4-c4ccc(-c5ccccc5)cc42)cc1n3-c1cccc(-c2nc(-c3ccccc3)nc(-c3ccccc3)n2)c1. The van der Waals surface area contributed by atoms with Gasteiger partial charge in [0.1, 0.15) is 0 Å². The second-order valence-electron chi connectivity index (χ2n) is 17.6. The molecule has 0 bridgehead atoms. The molecule has 0 saturated carbocycles. The number of hydrogen-bond donors (Lipinski definition) is 0. The van der Waals surface area contributed by atoms with Crippen LogP contribution in [0.1, 0.15) is 40.2 Å². The van der Waals surface area contributed by atoms with Gasteiger partial charge in [0.25, 0.3) is 0 Å². The zero-order valence-corrected chi connectivity index (χ0v) is 36.2. The van der Waals surface area contributed by atoms with E-state index in [0.29, 0.717) is 23.4 Å². The van der Waals surface area contributed by atoms with Crippen molar-refractivity contribution in [1.29, 1.82) is 0 Å². The van der Waals surface area contributed by atoms with Crippen molar-refractivity contribution in [3.8, 4) is 73.2 Å². The van der Waals surface area contributed by atoms with Gasteiger partial charge in [0, 0.05) is 39.1 Å². The minimum absolute atomic E-state index is 0.300. The van der Waals surface area contributed by atoms with Crippen molar-refractivity contribution in [1.82, 2.24) is 19.5 Å². The van der Waals surface area contributed by atoms with Crippen molar-refractivity contribution < 1.29 is 0 Å². The minimum Gasteiger partial charge on any atom is -0.309 e. The van der Waals surface area contributed by atoms with Gasteiger partial charge in [0.05, 0.1) is 11.0 Å². The van der Waals surface area contributed by atoms with Crippen LogP contribution < -0.4 is 0 Å². The van der Waals surface area contributed by atoms with Crippen molar-refractivity contribution in [2.75, 3.05) is 0 Å². The van der Waals surface area contributed by atoms with E-state index in [1.54, 1.807) is 0 Å². The Morgan fingerprint density at radius 1 is 0.379 bits per heavy atom. The zero-order chi connectivity index (χ0) is 43.7. The highest BCUT2D eigenvalue weighted by Crippen LogP contribution is 2.49. The average molecular weight is 843 g/mol. The van der Waals surface area contributed by atoms with E-state index < -0.39 is 0 Å². The van der Waals surface area contributed by atoms with Gasteiger partial charge >= 0.3 is 0 Å². The van der Waals surface area contributed by atoms with E-state index in [1.807, 2.05) is 36.4 Å². The Morgan fingerprint density at radius 3 is 1.70 bits per heavy atom. The minimum atomic E-state index is 0.300. The summed E-state index contributed by atoms with van der Waals surface area (Å²) >= 11 is 0. The predicted octanol–water partition coefficient (Wildman–Crippen LogP) is 15.4. The van der Waals surface area contributed by atoms with E-state index in [1.165, 1.54) is 77.5 Å². The third-order valence-electron chi connectivity index (χ3n) is 13.8. The maximum absolute atomic E-state index is 5.12. The smallest absolute Gasteiger partial charge is 0.164 e. The fraction of sp³-hybridized carbons (Fsp3) is 0.0484. The number of rotatable bonds is 8. The van der Waals surface area contributed by atoms with Crippen molar-refractivity contribution in [3.05, 3.63) is 247 Å². The van der Waals surface area contributed by atoms with Crippen LogP contribution in [0.15, 0.2) is 219 Å². The molecular weight excluding hydrogens is 801 g/mol. The Bertz CT molecular complexity index is 3660. The molecule has 0 spiro atoms. The molecule has 66 heavy (non-hydrogen) atoms. The first kappa shape index (κ1) is 38.0. The number of nitrogens with zero attached hydrogens (tertiary/aromatic N) is 4. The third kappa shape index (κ3) is 6.25. The summed E-state index contributed by atoms with van der Waals surface area (Å²) in [5, 5.41) is 2.42. The van der Waals surface area contributed by atoms with Gasteiger partial charge in [-0.05, 0) is 116 Å². The molecule has 13 rings (SSSR count). The lowest BCUT2D eigenvalue weighted by atomic mass is 9.89. The van der Waals surface area contributed by atoms with Crippen LogP contribution in [0.3, 0.4) is 0 Å². The van der Waals surface area contributed by atoms with Gasteiger partial charge in [0.15, 0.2) is 17.5 Å². The number of aromatic nitrogens is 4. The first-order valence-electron chi connectivity index (χ1n) is 22.8. The Morgan fingerprint density at radius 2 is 0.970 bits per heavy atom. The molecule has 0 aliphatic heterocycles. The molecule has 2 aromatic heterocycles. The summed E-state index contributed by atoms with van der Waals surface area (Å²) in [6.45, 7) is 4.60. The van der Waals surface area contributed by atoms with Crippen LogP contribution in [0.5, 0.6) is 0 Å². The van der Waals surface area contributed by atoms with Gasteiger partial charge in [-0.15, -0.1) is 0 Å². The van der Waals surface area contributed by atoms with Crippen LogP contribution in [-0.2, 0) is 6.42 Å². The van der Waals surface area contributed by atoms with Gasteiger partial charge in [-0.2, -0.15) is 0 Å². The first-order valence-corrected chi connectivity index (χ1v) is 22.8. The highest BCUT2D eigenvalue weighted by Gasteiger charge is 2.29. The summed E-state index contributed by atoms with van der Waals surface area (Å²) in [6.07, 6.45) is 1.93. The van der Waals surface area contributed by atoms with Gasteiger partial charge in [-0.25, -0.2) is 15.0 Å². The molecular formula is C62H42N4. The molecule has 2 heterocycles. The molecule has 310 valence electrons. The van der Waals surface area contributed by atoms with Gasteiger partial charge in [-0.3, -0.25) is 0 Å². The fourth-order valence-corrected chi connectivity index (χ4v) is 10.6. The summed E-state index contributed by atoms with van der Waals surface area (Å²) in [4.78, 5) is 15.2. The molecule has 11 aromatic rings. The molecule has 0 amide bonds. The maximum atomic E-state index is 5.12. The standard InChI is InChI=1S/C62H42N4/c1-39-47-24-11-12-25-48(47)56-38-59-57(37-54(39)56)53-32-29-40(28-31-51-49-26-13-14-27-50(49)52-33-30-44(36-55(51)52)41-16-5-2-6-17-41)34-58(53)66(59)46-23-15-22-45(35-46)62-64-60(42-18-7-3-8-19-42)63-61(65-62)43-20-9-4-10-21-43/h2-27,29-30,32-38,51H,1,28,31H2. The van der Waals surface area contributed by atoms with Crippen molar-refractivity contribution >= 4 is 27.4 Å². The van der Waals surface area contributed by atoms with Crippen LogP contribution in [0.4, 0.5) is 0 Å². The largest absolute Gasteiger partial charge is 0.309 e. The number of fused-ring (bicyclic) bond motifs is 9. The summed E-state index contributed by atoms with van der Waals surface area (Å²) in [5.41, 5.74) is 21.5. The van der Waals surface area contributed by atoms with Crippen LogP contribution in [0, 0.1) is 0 Å². The highest BCUT2D eigenvalue weighted by molar-refractivity contribution is 6.14. The van der Waals surface area contributed by atoms with Crippen molar-refractivity contribution in [2.24, 2.45) is 0 Å². The van der Waals surface area contributed by atoms with E-state index in [4.69, 9.17) is 15.0 Å². The molecule has 1 atom stereocenters. The highest BCUT2D eigenvalue weighted by atomic mass is 15.0. The molecule has 2 aliphatic rings. The van der Waals surface area contributed by atoms with Crippen LogP contribution >= 0.6 is 0 Å². The van der Waals surface area contributed by atoms with E-state index in [-0.39, 0.29) is 0 Å². The van der Waals surface area contributed by atoms with Gasteiger partial charge in [0.2, 0.25) is 0 Å². The average Bonchev–Trinajstić information content (AvgIpc) is 3.99. The monoisotopic (exact) mass is 842 g/mol. The quantitative estimate of drug-likeness (QED) is 0.153. The Balaban J connectivity index is 0.951. The lowest BCUT2D eigenvalue weighted by Crippen LogP contribution is -2.01. The Labute approximate surface area is 383 Å². The summed E-state index contributed by atoms with van der Waals surface area (Å²) in [6, 6.07) is 76.4. The van der Waals surface area contributed by atoms with E-state index >= 15 is 0 Å². The Kier molecular flexibility index (Phi) is 8.85. The molecule has 0 saturated heterocycles. The molecule has 4 nitrogen and oxygen atoms in total. The summed E-state index contributed by atoms with van der Waals surface area (Å²) in [7, 11) is 0. The molecule has 9 aromatic carbocycles. The van der Waals surface area contributed by atoms with E-state index in [9.17, 15) is 0 Å². The summed E-state index contributed by atoms with van der Waals surface area (Å²) < 4.78 is 2.45. The zero-order valence-electron chi connectivity index (χ0n) is 36.2. The van der Waals surface area contributed by atoms with E-state index in [0.717, 1.165) is 46.3 Å².